The van der Waals surface area contributed by atoms with Gasteiger partial charge in [0, 0.05) is 38.8 Å². The van der Waals surface area contributed by atoms with E-state index in [9.17, 15) is 4.79 Å². The van der Waals surface area contributed by atoms with E-state index in [4.69, 9.17) is 9.84 Å². The van der Waals surface area contributed by atoms with Gasteiger partial charge >= 0.3 is 5.97 Å². The molecule has 1 fully saturated rings. The van der Waals surface area contributed by atoms with Gasteiger partial charge in [0.1, 0.15) is 0 Å². The largest absolute Gasteiger partial charge is 0.481 e. The Balaban J connectivity index is 2.56. The molecule has 1 heterocycles. The third kappa shape index (κ3) is 3.73. The van der Waals surface area contributed by atoms with Gasteiger partial charge in [-0.3, -0.25) is 9.69 Å². The maximum atomic E-state index is 10.8. The lowest BCUT2D eigenvalue weighted by atomic mass is 10.1. The van der Waals surface area contributed by atoms with Gasteiger partial charge in [-0.15, -0.1) is 0 Å². The number of ether oxygens (including phenoxy) is 1. The van der Waals surface area contributed by atoms with Crippen LogP contribution in [0, 0.1) is 0 Å². The number of piperazine rings is 1. The average Bonchev–Trinajstić information content (AvgIpc) is 2.20. The number of hydrogen-bond donors (Lipinski definition) is 1. The van der Waals surface area contributed by atoms with Gasteiger partial charge in [-0.1, -0.05) is 0 Å². The van der Waals surface area contributed by atoms with Crippen molar-refractivity contribution >= 4 is 5.97 Å². The smallest absolute Gasteiger partial charge is 0.304 e. The third-order valence-electron chi connectivity index (χ3n) is 3.26. The Morgan fingerprint density at radius 1 is 1.50 bits per heavy atom. The fourth-order valence-corrected chi connectivity index (χ4v) is 2.13. The molecule has 94 valence electrons. The van der Waals surface area contributed by atoms with Crippen LogP contribution < -0.4 is 0 Å². The summed E-state index contributed by atoms with van der Waals surface area (Å²) >= 11 is 0. The zero-order valence-corrected chi connectivity index (χ0v) is 10.3. The quantitative estimate of drug-likeness (QED) is 0.726. The zero-order chi connectivity index (χ0) is 12.1. The first-order valence-corrected chi connectivity index (χ1v) is 5.69. The molecule has 1 rings (SSSR count). The van der Waals surface area contributed by atoms with E-state index in [-0.39, 0.29) is 12.5 Å². The highest BCUT2D eigenvalue weighted by atomic mass is 16.5. The Bertz CT molecular complexity index is 235. The topological polar surface area (TPSA) is 53.0 Å². The highest BCUT2D eigenvalue weighted by molar-refractivity contribution is 5.67. The molecule has 1 saturated heterocycles. The minimum atomic E-state index is -0.727. The summed E-state index contributed by atoms with van der Waals surface area (Å²) in [5, 5.41) is 8.88. The number of likely N-dealkylation sites (N-methyl/N-ethyl adjacent to an activating group) is 1. The summed E-state index contributed by atoms with van der Waals surface area (Å²) < 4.78 is 5.06. The van der Waals surface area contributed by atoms with E-state index in [1.165, 1.54) is 0 Å². The van der Waals surface area contributed by atoms with Crippen molar-refractivity contribution in [2.45, 2.75) is 25.4 Å². The standard InChI is InChI=1S/C11H22N2O3/c1-9-7-13(4-5-16-3)10(6-11(14)15)8-12(9)2/h9-10H,4-8H2,1-3H3,(H,14,15). The van der Waals surface area contributed by atoms with Crippen molar-refractivity contribution in [2.75, 3.05) is 40.4 Å². The Labute approximate surface area is 97.0 Å². The summed E-state index contributed by atoms with van der Waals surface area (Å²) in [5.41, 5.74) is 0. The summed E-state index contributed by atoms with van der Waals surface area (Å²) in [6, 6.07) is 0.579. The van der Waals surface area contributed by atoms with E-state index < -0.39 is 5.97 Å². The van der Waals surface area contributed by atoms with Crippen molar-refractivity contribution in [3.8, 4) is 0 Å². The highest BCUT2D eigenvalue weighted by Crippen LogP contribution is 2.15. The monoisotopic (exact) mass is 230 g/mol. The first kappa shape index (κ1) is 13.4. The minimum Gasteiger partial charge on any atom is -0.481 e. The van der Waals surface area contributed by atoms with Crippen molar-refractivity contribution in [2.24, 2.45) is 0 Å². The lowest BCUT2D eigenvalue weighted by molar-refractivity contribution is -0.139. The van der Waals surface area contributed by atoms with Gasteiger partial charge in [0.05, 0.1) is 13.0 Å². The summed E-state index contributed by atoms with van der Waals surface area (Å²) in [7, 11) is 3.72. The molecular weight excluding hydrogens is 208 g/mol. The van der Waals surface area contributed by atoms with E-state index in [1.807, 2.05) is 7.05 Å². The molecule has 0 aromatic carbocycles. The first-order valence-electron chi connectivity index (χ1n) is 5.69. The molecule has 16 heavy (non-hydrogen) atoms. The molecule has 0 saturated carbocycles. The molecule has 0 aromatic heterocycles. The molecule has 0 spiro atoms. The lowest BCUT2D eigenvalue weighted by Crippen LogP contribution is -2.57. The van der Waals surface area contributed by atoms with Crippen LogP contribution in [0.25, 0.3) is 0 Å². The van der Waals surface area contributed by atoms with E-state index >= 15 is 0 Å². The fourth-order valence-electron chi connectivity index (χ4n) is 2.13. The van der Waals surface area contributed by atoms with E-state index in [1.54, 1.807) is 7.11 Å². The molecule has 1 N–H and O–H groups in total. The molecule has 1 aliphatic rings. The molecule has 5 nitrogen and oxygen atoms in total. The van der Waals surface area contributed by atoms with Gasteiger partial charge in [-0.25, -0.2) is 0 Å². The van der Waals surface area contributed by atoms with Gasteiger partial charge in [0.15, 0.2) is 0 Å². The van der Waals surface area contributed by atoms with Crippen LogP contribution in [0.3, 0.4) is 0 Å². The Hall–Kier alpha value is -0.650. The Kier molecular flexibility index (Phi) is 5.18. The SMILES string of the molecule is COCCN1CC(C)N(C)CC1CC(=O)O. The van der Waals surface area contributed by atoms with Crippen LogP contribution in [-0.2, 0) is 9.53 Å². The average molecular weight is 230 g/mol. The summed E-state index contributed by atoms with van der Waals surface area (Å²) in [4.78, 5) is 15.2. The molecule has 0 amide bonds. The molecule has 0 radical (unpaired) electrons. The Morgan fingerprint density at radius 2 is 2.19 bits per heavy atom. The molecule has 1 aliphatic heterocycles. The molecule has 2 unspecified atom stereocenters. The lowest BCUT2D eigenvalue weighted by Gasteiger charge is -2.43. The van der Waals surface area contributed by atoms with Gasteiger partial charge in [-0.2, -0.15) is 0 Å². The van der Waals surface area contributed by atoms with Gasteiger partial charge in [0.25, 0.3) is 0 Å². The molecule has 0 aromatic rings. The van der Waals surface area contributed by atoms with Crippen molar-refractivity contribution in [3.63, 3.8) is 0 Å². The molecule has 0 aliphatic carbocycles. The van der Waals surface area contributed by atoms with Crippen molar-refractivity contribution < 1.29 is 14.6 Å². The number of methoxy groups -OCH3 is 1. The second-order valence-electron chi connectivity index (χ2n) is 4.53. The van der Waals surface area contributed by atoms with Gasteiger partial charge in [-0.05, 0) is 14.0 Å². The highest BCUT2D eigenvalue weighted by Gasteiger charge is 2.30. The van der Waals surface area contributed by atoms with Crippen molar-refractivity contribution in [1.82, 2.24) is 9.80 Å². The summed E-state index contributed by atoms with van der Waals surface area (Å²) in [5.74, 6) is -0.727. The second-order valence-corrected chi connectivity index (χ2v) is 4.53. The third-order valence-corrected chi connectivity index (χ3v) is 3.26. The van der Waals surface area contributed by atoms with Crippen LogP contribution in [0.5, 0.6) is 0 Å². The van der Waals surface area contributed by atoms with Crippen LogP contribution in [0.1, 0.15) is 13.3 Å². The number of hydrogen-bond acceptors (Lipinski definition) is 4. The van der Waals surface area contributed by atoms with E-state index in [2.05, 4.69) is 16.7 Å². The number of carboxylic acid groups (broad SMARTS) is 1. The first-order chi connectivity index (χ1) is 7.54. The van der Waals surface area contributed by atoms with Crippen LogP contribution in [0.15, 0.2) is 0 Å². The summed E-state index contributed by atoms with van der Waals surface area (Å²) in [6.07, 6.45) is 0.209. The predicted molar refractivity (Wildman–Crippen MR) is 61.6 cm³/mol. The second kappa shape index (κ2) is 6.18. The normalized spacial score (nSPS) is 28.2. The maximum absolute atomic E-state index is 10.8. The van der Waals surface area contributed by atoms with Crippen LogP contribution >= 0.6 is 0 Å². The summed E-state index contributed by atoms with van der Waals surface area (Å²) in [6.45, 7) is 5.37. The number of rotatable bonds is 5. The van der Waals surface area contributed by atoms with E-state index in [0.717, 1.165) is 19.6 Å². The maximum Gasteiger partial charge on any atom is 0.304 e. The van der Waals surface area contributed by atoms with E-state index in [0.29, 0.717) is 12.6 Å². The molecular formula is C11H22N2O3. The van der Waals surface area contributed by atoms with Crippen molar-refractivity contribution in [1.29, 1.82) is 0 Å². The molecule has 5 heteroatoms. The predicted octanol–water partition coefficient (Wildman–Crippen LogP) is 0.112. The Morgan fingerprint density at radius 3 is 2.75 bits per heavy atom. The molecule has 0 bridgehead atoms. The number of carbonyl (C=O) groups is 1. The minimum absolute atomic E-state index is 0.105. The van der Waals surface area contributed by atoms with Gasteiger partial charge in [0.2, 0.25) is 0 Å². The molecule has 2 atom stereocenters. The number of aliphatic carboxylic acids is 1. The zero-order valence-electron chi connectivity index (χ0n) is 10.3. The van der Waals surface area contributed by atoms with Crippen LogP contribution in [-0.4, -0.2) is 73.4 Å². The number of nitrogens with zero attached hydrogens (tertiary/aromatic N) is 2. The van der Waals surface area contributed by atoms with Crippen LogP contribution in [0.2, 0.25) is 0 Å². The van der Waals surface area contributed by atoms with Crippen LogP contribution in [0.4, 0.5) is 0 Å². The fraction of sp³-hybridized carbons (Fsp3) is 0.909. The van der Waals surface area contributed by atoms with Crippen molar-refractivity contribution in [3.05, 3.63) is 0 Å². The number of carboxylic acids is 1. The van der Waals surface area contributed by atoms with Gasteiger partial charge < -0.3 is 14.7 Å².